The van der Waals surface area contributed by atoms with Gasteiger partial charge in [0.1, 0.15) is 11.4 Å². The Balaban J connectivity index is 2.33. The smallest absolute Gasteiger partial charge is 0.115 e. The first-order valence-corrected chi connectivity index (χ1v) is 3.93. The summed E-state index contributed by atoms with van der Waals surface area (Å²) in [6.45, 7) is 1.13. The molecule has 3 nitrogen and oxygen atoms in total. The fourth-order valence-corrected chi connectivity index (χ4v) is 1.36. The minimum atomic E-state index is -0.765. The van der Waals surface area contributed by atoms with Crippen LogP contribution in [-0.4, -0.2) is 23.3 Å². The lowest BCUT2D eigenvalue weighted by atomic mass is 9.88. The number of hydrogen-bond donors (Lipinski definition) is 3. The van der Waals surface area contributed by atoms with Gasteiger partial charge in [0.05, 0.1) is 0 Å². The van der Waals surface area contributed by atoms with Crippen LogP contribution in [0.25, 0.3) is 0 Å². The Morgan fingerprint density at radius 3 is 2.58 bits per heavy atom. The van der Waals surface area contributed by atoms with Crippen molar-refractivity contribution in [3.63, 3.8) is 0 Å². The number of nitrogens with one attached hydrogen (secondary N) is 1. The van der Waals surface area contributed by atoms with Crippen molar-refractivity contribution in [1.82, 2.24) is 5.32 Å². The molecule has 0 radical (unpaired) electrons. The van der Waals surface area contributed by atoms with E-state index in [4.69, 9.17) is 5.11 Å². The van der Waals surface area contributed by atoms with E-state index in [2.05, 4.69) is 5.32 Å². The van der Waals surface area contributed by atoms with Crippen molar-refractivity contribution in [3.05, 3.63) is 29.8 Å². The van der Waals surface area contributed by atoms with Gasteiger partial charge >= 0.3 is 0 Å². The molecule has 1 fully saturated rings. The van der Waals surface area contributed by atoms with Gasteiger partial charge in [-0.2, -0.15) is 0 Å². The summed E-state index contributed by atoms with van der Waals surface area (Å²) >= 11 is 0. The molecule has 1 aromatic rings. The molecular weight excluding hydrogens is 154 g/mol. The number of aliphatic hydroxyl groups is 1. The first kappa shape index (κ1) is 7.58. The average molecular weight is 165 g/mol. The fraction of sp³-hybridized carbons (Fsp3) is 0.333. The van der Waals surface area contributed by atoms with Gasteiger partial charge in [0, 0.05) is 13.1 Å². The van der Waals surface area contributed by atoms with Crippen LogP contribution in [-0.2, 0) is 5.60 Å². The predicted octanol–water partition coefficient (Wildman–Crippen LogP) is 0.183. The summed E-state index contributed by atoms with van der Waals surface area (Å²) in [5, 5.41) is 22.0. The largest absolute Gasteiger partial charge is 0.508 e. The molecule has 0 aromatic heterocycles. The van der Waals surface area contributed by atoms with Gasteiger partial charge in [-0.05, 0) is 17.7 Å². The molecule has 1 aliphatic rings. The summed E-state index contributed by atoms with van der Waals surface area (Å²) in [4.78, 5) is 0. The predicted molar refractivity (Wildman–Crippen MR) is 44.9 cm³/mol. The van der Waals surface area contributed by atoms with Crippen molar-refractivity contribution >= 4 is 0 Å². The summed E-state index contributed by atoms with van der Waals surface area (Å²) in [5.74, 6) is 0.202. The van der Waals surface area contributed by atoms with Crippen molar-refractivity contribution in [2.75, 3.05) is 13.1 Å². The minimum absolute atomic E-state index is 0.202. The van der Waals surface area contributed by atoms with Gasteiger partial charge in [-0.1, -0.05) is 12.1 Å². The minimum Gasteiger partial charge on any atom is -0.508 e. The van der Waals surface area contributed by atoms with E-state index in [9.17, 15) is 5.11 Å². The van der Waals surface area contributed by atoms with Gasteiger partial charge < -0.3 is 15.5 Å². The molecule has 0 spiro atoms. The lowest BCUT2D eigenvalue weighted by Crippen LogP contribution is -2.56. The molecule has 3 heteroatoms. The zero-order valence-corrected chi connectivity index (χ0v) is 6.62. The summed E-state index contributed by atoms with van der Waals surface area (Å²) < 4.78 is 0. The second-order valence-corrected chi connectivity index (χ2v) is 3.19. The summed E-state index contributed by atoms with van der Waals surface area (Å²) in [6.07, 6.45) is 0. The maximum absolute atomic E-state index is 9.83. The van der Waals surface area contributed by atoms with Gasteiger partial charge in [-0.3, -0.25) is 0 Å². The first-order valence-electron chi connectivity index (χ1n) is 3.93. The molecule has 1 heterocycles. The highest BCUT2D eigenvalue weighted by molar-refractivity contribution is 5.33. The second kappa shape index (κ2) is 2.47. The number of rotatable bonds is 1. The number of aromatic hydroxyl groups is 1. The number of β-amino-alcohol motifs (C(OH)–C–C–N with tert-alkyl or cyclic N) is 1. The number of benzene rings is 1. The molecule has 2 rings (SSSR count). The quantitative estimate of drug-likeness (QED) is 0.556. The Kier molecular flexibility index (Phi) is 1.56. The lowest BCUT2D eigenvalue weighted by molar-refractivity contribution is -0.0148. The molecule has 1 aromatic carbocycles. The topological polar surface area (TPSA) is 52.5 Å². The van der Waals surface area contributed by atoms with Gasteiger partial charge in [0.2, 0.25) is 0 Å². The molecule has 1 aliphatic heterocycles. The van der Waals surface area contributed by atoms with Crippen LogP contribution in [0.1, 0.15) is 5.56 Å². The molecule has 0 saturated carbocycles. The monoisotopic (exact) mass is 165 g/mol. The van der Waals surface area contributed by atoms with Gasteiger partial charge in [0.25, 0.3) is 0 Å². The second-order valence-electron chi connectivity index (χ2n) is 3.19. The third-order valence-corrected chi connectivity index (χ3v) is 2.22. The highest BCUT2D eigenvalue weighted by Gasteiger charge is 2.36. The Hall–Kier alpha value is -1.06. The maximum atomic E-state index is 9.83. The van der Waals surface area contributed by atoms with Crippen LogP contribution in [0.5, 0.6) is 5.75 Å². The SMILES string of the molecule is Oc1cccc(C2(O)CNC2)c1. The standard InChI is InChI=1S/C9H11NO2/c11-8-3-1-2-7(4-8)9(12)5-10-6-9/h1-4,10-12H,5-6H2. The van der Waals surface area contributed by atoms with Crippen LogP contribution in [0.15, 0.2) is 24.3 Å². The Bertz CT molecular complexity index is 294. The number of phenols is 1. The highest BCUT2D eigenvalue weighted by atomic mass is 16.3. The summed E-state index contributed by atoms with van der Waals surface area (Å²) in [7, 11) is 0. The van der Waals surface area contributed by atoms with Crippen molar-refractivity contribution in [2.45, 2.75) is 5.60 Å². The van der Waals surface area contributed by atoms with Crippen LogP contribution >= 0.6 is 0 Å². The normalized spacial score (nSPS) is 20.1. The van der Waals surface area contributed by atoms with E-state index in [0.29, 0.717) is 13.1 Å². The third kappa shape index (κ3) is 1.07. The van der Waals surface area contributed by atoms with Gasteiger partial charge in [0.15, 0.2) is 0 Å². The van der Waals surface area contributed by atoms with Crippen molar-refractivity contribution in [3.8, 4) is 5.75 Å². The van der Waals surface area contributed by atoms with Crippen LogP contribution < -0.4 is 5.32 Å². The van der Waals surface area contributed by atoms with Crippen LogP contribution in [0, 0.1) is 0 Å². The zero-order chi connectivity index (χ0) is 8.60. The van der Waals surface area contributed by atoms with Crippen LogP contribution in [0.2, 0.25) is 0 Å². The van der Waals surface area contributed by atoms with Gasteiger partial charge in [-0.25, -0.2) is 0 Å². The Morgan fingerprint density at radius 2 is 2.08 bits per heavy atom. The molecule has 12 heavy (non-hydrogen) atoms. The lowest BCUT2D eigenvalue weighted by Gasteiger charge is -2.38. The Morgan fingerprint density at radius 1 is 1.33 bits per heavy atom. The molecule has 0 unspecified atom stereocenters. The molecule has 0 aliphatic carbocycles. The van der Waals surface area contributed by atoms with E-state index in [0.717, 1.165) is 5.56 Å². The van der Waals surface area contributed by atoms with Crippen LogP contribution in [0.4, 0.5) is 0 Å². The maximum Gasteiger partial charge on any atom is 0.115 e. The summed E-state index contributed by atoms with van der Waals surface area (Å²) in [5.41, 5.74) is 0.0138. The van der Waals surface area contributed by atoms with E-state index in [-0.39, 0.29) is 5.75 Å². The van der Waals surface area contributed by atoms with E-state index < -0.39 is 5.60 Å². The first-order chi connectivity index (χ1) is 5.71. The fourth-order valence-electron chi connectivity index (χ4n) is 1.36. The molecule has 0 atom stereocenters. The molecule has 1 saturated heterocycles. The molecule has 64 valence electrons. The molecular formula is C9H11NO2. The molecule has 3 N–H and O–H groups in total. The van der Waals surface area contributed by atoms with Crippen molar-refractivity contribution < 1.29 is 10.2 Å². The zero-order valence-electron chi connectivity index (χ0n) is 6.62. The van der Waals surface area contributed by atoms with Crippen molar-refractivity contribution in [1.29, 1.82) is 0 Å². The average Bonchev–Trinajstić information content (AvgIpc) is 2.00. The highest BCUT2D eigenvalue weighted by Crippen LogP contribution is 2.27. The van der Waals surface area contributed by atoms with E-state index >= 15 is 0 Å². The van der Waals surface area contributed by atoms with Crippen LogP contribution in [0.3, 0.4) is 0 Å². The summed E-state index contributed by atoms with van der Waals surface area (Å²) in [6, 6.07) is 6.75. The number of phenolic OH excluding ortho intramolecular Hbond substituents is 1. The van der Waals surface area contributed by atoms with E-state index in [1.54, 1.807) is 18.2 Å². The molecule has 0 bridgehead atoms. The van der Waals surface area contributed by atoms with Gasteiger partial charge in [-0.15, -0.1) is 0 Å². The van der Waals surface area contributed by atoms with E-state index in [1.165, 1.54) is 0 Å². The number of hydrogen-bond acceptors (Lipinski definition) is 3. The van der Waals surface area contributed by atoms with E-state index in [1.807, 2.05) is 6.07 Å². The Labute approximate surface area is 70.7 Å². The molecule has 0 amide bonds. The van der Waals surface area contributed by atoms with Crippen molar-refractivity contribution in [2.24, 2.45) is 0 Å². The third-order valence-electron chi connectivity index (χ3n) is 2.22.